The molecule has 2 N–H and O–H groups in total. The average Bonchev–Trinajstić information content (AvgIpc) is 3.15. The predicted octanol–water partition coefficient (Wildman–Crippen LogP) is 1.22. The highest BCUT2D eigenvalue weighted by Crippen LogP contribution is 2.26. The number of imide groups is 1. The van der Waals surface area contributed by atoms with Gasteiger partial charge in [0.25, 0.3) is 5.91 Å². The Labute approximate surface area is 144 Å². The number of hydrogen-bond donors (Lipinski definition) is 2. The Bertz CT molecular complexity index is 806. The molecule has 0 saturated carbocycles. The van der Waals surface area contributed by atoms with Crippen molar-refractivity contribution in [3.63, 3.8) is 0 Å². The second-order valence-corrected chi connectivity index (χ2v) is 6.64. The molecule has 2 aliphatic rings. The van der Waals surface area contributed by atoms with E-state index >= 15 is 0 Å². The van der Waals surface area contributed by atoms with E-state index in [-0.39, 0.29) is 5.91 Å². The van der Waals surface area contributed by atoms with Crippen LogP contribution in [0.3, 0.4) is 0 Å². The maximum absolute atomic E-state index is 12.0. The van der Waals surface area contributed by atoms with E-state index in [4.69, 9.17) is 4.52 Å². The van der Waals surface area contributed by atoms with E-state index in [1.807, 2.05) is 31.2 Å². The number of aryl methyl sites for hydroxylation is 1. The van der Waals surface area contributed by atoms with E-state index in [1.165, 1.54) is 5.56 Å². The molecule has 8 nitrogen and oxygen atoms in total. The van der Waals surface area contributed by atoms with Crippen LogP contribution < -0.4 is 10.6 Å². The highest BCUT2D eigenvalue weighted by molar-refractivity contribution is 6.07. The van der Waals surface area contributed by atoms with Gasteiger partial charge in [-0.2, -0.15) is 4.98 Å². The molecular formula is C17H19N5O3. The van der Waals surface area contributed by atoms with Crippen molar-refractivity contribution in [2.45, 2.75) is 31.8 Å². The Morgan fingerprint density at radius 1 is 1.20 bits per heavy atom. The molecule has 1 spiro atoms. The second-order valence-electron chi connectivity index (χ2n) is 6.64. The van der Waals surface area contributed by atoms with Crippen molar-refractivity contribution < 1.29 is 14.1 Å². The molecule has 130 valence electrons. The van der Waals surface area contributed by atoms with Crippen LogP contribution >= 0.6 is 0 Å². The van der Waals surface area contributed by atoms with E-state index in [0.29, 0.717) is 44.2 Å². The normalized spacial score (nSPS) is 19.9. The molecule has 1 aromatic carbocycles. The van der Waals surface area contributed by atoms with E-state index < -0.39 is 11.6 Å². The quantitative estimate of drug-likeness (QED) is 0.814. The third-order valence-electron chi connectivity index (χ3n) is 4.86. The number of hydrogen-bond acceptors (Lipinski definition) is 6. The molecule has 0 bridgehead atoms. The number of likely N-dealkylation sites (tertiary alicyclic amines) is 1. The number of rotatable bonds is 3. The number of nitrogens with zero attached hydrogens (tertiary/aromatic N) is 3. The predicted molar refractivity (Wildman–Crippen MR) is 88.4 cm³/mol. The third-order valence-corrected chi connectivity index (χ3v) is 4.86. The topological polar surface area (TPSA) is 100 Å². The summed E-state index contributed by atoms with van der Waals surface area (Å²) in [5.74, 6) is 0.897. The lowest BCUT2D eigenvalue weighted by atomic mass is 9.88. The lowest BCUT2D eigenvalue weighted by Gasteiger charge is -2.36. The number of piperidine rings is 1. The van der Waals surface area contributed by atoms with E-state index in [2.05, 4.69) is 25.7 Å². The van der Waals surface area contributed by atoms with Gasteiger partial charge in [0, 0.05) is 18.7 Å². The second kappa shape index (κ2) is 5.96. The van der Waals surface area contributed by atoms with Crippen molar-refractivity contribution in [1.82, 2.24) is 25.7 Å². The van der Waals surface area contributed by atoms with Crippen LogP contribution in [0, 0.1) is 6.92 Å². The van der Waals surface area contributed by atoms with E-state index in [9.17, 15) is 9.59 Å². The van der Waals surface area contributed by atoms with Gasteiger partial charge in [0.2, 0.25) is 11.7 Å². The van der Waals surface area contributed by atoms with E-state index in [1.54, 1.807) is 0 Å². The van der Waals surface area contributed by atoms with Gasteiger partial charge in [0.15, 0.2) is 0 Å². The number of carbonyl (C=O) groups excluding carboxylic acids is 2. The molecule has 2 aromatic rings. The van der Waals surface area contributed by atoms with Gasteiger partial charge in [0.05, 0.1) is 6.54 Å². The maximum Gasteiger partial charge on any atom is 0.322 e. The summed E-state index contributed by atoms with van der Waals surface area (Å²) in [6.45, 7) is 3.91. The molecule has 8 heteroatoms. The summed E-state index contributed by atoms with van der Waals surface area (Å²) in [5.41, 5.74) is 1.34. The minimum atomic E-state index is -0.754. The summed E-state index contributed by atoms with van der Waals surface area (Å²) >= 11 is 0. The first-order valence-corrected chi connectivity index (χ1v) is 8.30. The van der Waals surface area contributed by atoms with Gasteiger partial charge < -0.3 is 9.84 Å². The summed E-state index contributed by atoms with van der Waals surface area (Å²) in [5, 5.41) is 9.12. The van der Waals surface area contributed by atoms with Crippen molar-refractivity contribution in [3.8, 4) is 11.4 Å². The molecule has 0 unspecified atom stereocenters. The zero-order chi connectivity index (χ0) is 17.4. The van der Waals surface area contributed by atoms with Crippen molar-refractivity contribution >= 4 is 11.9 Å². The molecule has 3 amide bonds. The number of amides is 3. The lowest BCUT2D eigenvalue weighted by Crippen LogP contribution is -2.54. The van der Waals surface area contributed by atoms with Gasteiger partial charge in [0.1, 0.15) is 5.54 Å². The van der Waals surface area contributed by atoms with Crippen LogP contribution in [0.2, 0.25) is 0 Å². The lowest BCUT2D eigenvalue weighted by molar-refractivity contribution is -0.125. The SMILES string of the molecule is Cc1ccc(-c2noc(CN3CCC4(CC3)NC(=O)NC4=O)n2)cc1. The molecule has 4 rings (SSSR count). The summed E-state index contributed by atoms with van der Waals surface area (Å²) in [4.78, 5) is 29.9. The summed E-state index contributed by atoms with van der Waals surface area (Å²) in [6.07, 6.45) is 1.15. The molecule has 3 heterocycles. The summed E-state index contributed by atoms with van der Waals surface area (Å²) in [6, 6.07) is 7.55. The molecule has 2 saturated heterocycles. The van der Waals surface area contributed by atoms with Crippen LogP contribution in [0.25, 0.3) is 11.4 Å². The highest BCUT2D eigenvalue weighted by Gasteiger charge is 2.47. The molecule has 1 aromatic heterocycles. The van der Waals surface area contributed by atoms with Crippen LogP contribution in [0.1, 0.15) is 24.3 Å². The number of urea groups is 1. The third kappa shape index (κ3) is 3.00. The molecule has 0 radical (unpaired) electrons. The zero-order valence-corrected chi connectivity index (χ0v) is 13.9. The van der Waals surface area contributed by atoms with Gasteiger partial charge >= 0.3 is 6.03 Å². The van der Waals surface area contributed by atoms with Crippen molar-refractivity contribution in [1.29, 1.82) is 0 Å². The number of carbonyl (C=O) groups is 2. The van der Waals surface area contributed by atoms with Gasteiger partial charge in [-0.25, -0.2) is 4.79 Å². The Hall–Kier alpha value is -2.74. The molecule has 0 aliphatic carbocycles. The zero-order valence-electron chi connectivity index (χ0n) is 13.9. The molecular weight excluding hydrogens is 322 g/mol. The smallest absolute Gasteiger partial charge is 0.322 e. The van der Waals surface area contributed by atoms with Crippen LogP contribution in [-0.4, -0.2) is 45.6 Å². The maximum atomic E-state index is 12.0. The number of aromatic nitrogens is 2. The van der Waals surface area contributed by atoms with E-state index in [0.717, 1.165) is 5.56 Å². The minimum Gasteiger partial charge on any atom is -0.338 e. The molecule has 2 fully saturated rings. The van der Waals surface area contributed by atoms with Crippen LogP contribution in [0.4, 0.5) is 4.79 Å². The van der Waals surface area contributed by atoms with Crippen LogP contribution in [-0.2, 0) is 11.3 Å². The fourth-order valence-corrected chi connectivity index (χ4v) is 3.30. The van der Waals surface area contributed by atoms with Gasteiger partial charge in [-0.15, -0.1) is 0 Å². The summed E-state index contributed by atoms with van der Waals surface area (Å²) in [7, 11) is 0. The van der Waals surface area contributed by atoms with Crippen LogP contribution in [0.15, 0.2) is 28.8 Å². The first-order chi connectivity index (χ1) is 12.0. The fourth-order valence-electron chi connectivity index (χ4n) is 3.30. The van der Waals surface area contributed by atoms with Gasteiger partial charge in [-0.1, -0.05) is 35.0 Å². The molecule has 25 heavy (non-hydrogen) atoms. The minimum absolute atomic E-state index is 0.225. The standard InChI is InChI=1S/C17H19N5O3/c1-11-2-4-12(5-3-11)14-18-13(25-21-14)10-22-8-6-17(7-9-22)15(23)19-16(24)20-17/h2-5H,6-10H2,1H3,(H2,19,20,23,24). The number of nitrogens with one attached hydrogen (secondary N) is 2. The first kappa shape index (κ1) is 15.8. The molecule has 0 atom stereocenters. The fraction of sp³-hybridized carbons (Fsp3) is 0.412. The van der Waals surface area contributed by atoms with Gasteiger partial charge in [-0.05, 0) is 19.8 Å². The number of benzene rings is 1. The van der Waals surface area contributed by atoms with Gasteiger partial charge in [-0.3, -0.25) is 15.0 Å². The van der Waals surface area contributed by atoms with Crippen LogP contribution in [0.5, 0.6) is 0 Å². The Morgan fingerprint density at radius 2 is 1.92 bits per heavy atom. The van der Waals surface area contributed by atoms with Crippen molar-refractivity contribution in [2.75, 3.05) is 13.1 Å². The Kier molecular flexibility index (Phi) is 3.76. The largest absolute Gasteiger partial charge is 0.338 e. The van der Waals surface area contributed by atoms with Crippen molar-refractivity contribution in [3.05, 3.63) is 35.7 Å². The Balaban J connectivity index is 1.39. The Morgan fingerprint density at radius 3 is 2.56 bits per heavy atom. The molecule has 2 aliphatic heterocycles. The summed E-state index contributed by atoms with van der Waals surface area (Å²) < 4.78 is 5.36. The monoisotopic (exact) mass is 341 g/mol. The first-order valence-electron chi connectivity index (χ1n) is 8.30. The van der Waals surface area contributed by atoms with Crippen molar-refractivity contribution in [2.24, 2.45) is 0 Å². The average molecular weight is 341 g/mol. The highest BCUT2D eigenvalue weighted by atomic mass is 16.5.